The summed E-state index contributed by atoms with van der Waals surface area (Å²) in [4.78, 5) is 0. The normalized spacial score (nSPS) is 20.1. The van der Waals surface area contributed by atoms with Crippen LogP contribution >= 0.6 is 0 Å². The molecule has 1 unspecified atom stereocenters. The fraction of sp³-hybridized carbons (Fsp3) is 0.308. The maximum atomic E-state index is 4.19. The molecule has 82 valence electrons. The van der Waals surface area contributed by atoms with Gasteiger partial charge in [0.05, 0.1) is 6.20 Å². The molecule has 3 rings (SSSR count). The van der Waals surface area contributed by atoms with E-state index in [2.05, 4.69) is 39.8 Å². The van der Waals surface area contributed by atoms with Gasteiger partial charge >= 0.3 is 0 Å². The summed E-state index contributed by atoms with van der Waals surface area (Å²) >= 11 is 0. The maximum absolute atomic E-state index is 4.19. The molecule has 1 atom stereocenters. The van der Waals surface area contributed by atoms with E-state index in [-0.39, 0.29) is 0 Å². The lowest BCUT2D eigenvalue weighted by Crippen LogP contribution is -2.08. The molecule has 1 aliphatic rings. The average Bonchev–Trinajstić information content (AvgIpc) is 3.01. The Morgan fingerprint density at radius 3 is 2.81 bits per heavy atom. The van der Waals surface area contributed by atoms with Crippen LogP contribution in [-0.4, -0.2) is 23.3 Å². The number of hydrogen-bond donors (Lipinski definition) is 2. The summed E-state index contributed by atoms with van der Waals surface area (Å²) in [6.07, 6.45) is 3.13. The Balaban J connectivity index is 1.99. The van der Waals surface area contributed by atoms with Gasteiger partial charge in [0, 0.05) is 23.7 Å². The molecule has 0 radical (unpaired) electrons. The van der Waals surface area contributed by atoms with Gasteiger partial charge in [0.1, 0.15) is 0 Å². The van der Waals surface area contributed by atoms with Crippen molar-refractivity contribution in [3.63, 3.8) is 0 Å². The summed E-state index contributed by atoms with van der Waals surface area (Å²) in [5, 5.41) is 10.7. The largest absolute Gasteiger partial charge is 0.316 e. The van der Waals surface area contributed by atoms with E-state index >= 15 is 0 Å². The Hall–Kier alpha value is -1.61. The summed E-state index contributed by atoms with van der Waals surface area (Å²) in [7, 11) is 0. The Morgan fingerprint density at radius 1 is 1.19 bits per heavy atom. The zero-order valence-corrected chi connectivity index (χ0v) is 9.11. The first-order valence-electron chi connectivity index (χ1n) is 5.74. The minimum Gasteiger partial charge on any atom is -0.316 e. The van der Waals surface area contributed by atoms with Crippen LogP contribution in [0.15, 0.2) is 36.5 Å². The molecule has 2 heterocycles. The molecular formula is C13H15N3. The van der Waals surface area contributed by atoms with E-state index in [1.54, 1.807) is 0 Å². The van der Waals surface area contributed by atoms with Gasteiger partial charge in [-0.3, -0.25) is 5.10 Å². The van der Waals surface area contributed by atoms with Crippen molar-refractivity contribution in [3.8, 4) is 11.1 Å². The van der Waals surface area contributed by atoms with Gasteiger partial charge in [-0.25, -0.2) is 0 Å². The van der Waals surface area contributed by atoms with Crippen LogP contribution in [0, 0.1) is 0 Å². The Kier molecular flexibility index (Phi) is 2.46. The minimum absolute atomic E-state index is 0.581. The van der Waals surface area contributed by atoms with Gasteiger partial charge in [0.15, 0.2) is 0 Å². The maximum Gasteiger partial charge on any atom is 0.0568 e. The van der Waals surface area contributed by atoms with Crippen molar-refractivity contribution >= 4 is 0 Å². The molecule has 1 aromatic carbocycles. The van der Waals surface area contributed by atoms with E-state index in [1.807, 2.05) is 12.3 Å². The third-order valence-corrected chi connectivity index (χ3v) is 3.22. The molecule has 3 heteroatoms. The van der Waals surface area contributed by atoms with Crippen LogP contribution in [0.4, 0.5) is 0 Å². The molecule has 0 bridgehead atoms. The first-order valence-corrected chi connectivity index (χ1v) is 5.74. The zero-order valence-electron chi connectivity index (χ0n) is 9.11. The Morgan fingerprint density at radius 2 is 2.06 bits per heavy atom. The number of nitrogens with one attached hydrogen (secondary N) is 2. The Labute approximate surface area is 94.9 Å². The molecule has 0 saturated carbocycles. The quantitative estimate of drug-likeness (QED) is 0.802. The lowest BCUT2D eigenvalue weighted by Gasteiger charge is -2.08. The van der Waals surface area contributed by atoms with Gasteiger partial charge in [-0.05, 0) is 18.5 Å². The SMILES string of the molecule is c1ccc(-c2cn[nH]c2C2CCNC2)cc1. The third kappa shape index (κ3) is 1.63. The number of hydrogen-bond acceptors (Lipinski definition) is 2. The fourth-order valence-corrected chi connectivity index (χ4v) is 2.36. The van der Waals surface area contributed by atoms with Crippen molar-refractivity contribution in [2.45, 2.75) is 12.3 Å². The molecule has 1 aromatic heterocycles. The molecule has 0 amide bonds. The minimum atomic E-state index is 0.581. The Bertz CT molecular complexity index is 455. The molecule has 16 heavy (non-hydrogen) atoms. The van der Waals surface area contributed by atoms with Gasteiger partial charge < -0.3 is 5.32 Å². The average molecular weight is 213 g/mol. The van der Waals surface area contributed by atoms with Crippen molar-refractivity contribution < 1.29 is 0 Å². The number of H-pyrrole nitrogens is 1. The van der Waals surface area contributed by atoms with E-state index in [9.17, 15) is 0 Å². The second-order valence-electron chi connectivity index (χ2n) is 4.25. The predicted octanol–water partition coefficient (Wildman–Crippen LogP) is 2.15. The van der Waals surface area contributed by atoms with Crippen molar-refractivity contribution in [2.75, 3.05) is 13.1 Å². The summed E-state index contributed by atoms with van der Waals surface area (Å²) in [5.41, 5.74) is 3.77. The highest BCUT2D eigenvalue weighted by molar-refractivity contribution is 5.65. The van der Waals surface area contributed by atoms with Gasteiger partial charge in [-0.1, -0.05) is 30.3 Å². The van der Waals surface area contributed by atoms with E-state index in [0.717, 1.165) is 13.1 Å². The monoisotopic (exact) mass is 213 g/mol. The fourth-order valence-electron chi connectivity index (χ4n) is 2.36. The number of aromatic amines is 1. The number of aromatic nitrogens is 2. The van der Waals surface area contributed by atoms with Crippen LogP contribution in [0.1, 0.15) is 18.0 Å². The number of nitrogens with zero attached hydrogens (tertiary/aromatic N) is 1. The molecule has 1 fully saturated rings. The van der Waals surface area contributed by atoms with Gasteiger partial charge in [-0.15, -0.1) is 0 Å². The van der Waals surface area contributed by atoms with Crippen molar-refractivity contribution in [1.29, 1.82) is 0 Å². The first kappa shape index (κ1) is 9.60. The number of rotatable bonds is 2. The lowest BCUT2D eigenvalue weighted by molar-refractivity contribution is 0.731. The second-order valence-corrected chi connectivity index (χ2v) is 4.25. The van der Waals surface area contributed by atoms with Gasteiger partial charge in [-0.2, -0.15) is 5.10 Å². The first-order chi connectivity index (χ1) is 7.95. The third-order valence-electron chi connectivity index (χ3n) is 3.22. The van der Waals surface area contributed by atoms with Crippen LogP contribution in [0.3, 0.4) is 0 Å². The summed E-state index contributed by atoms with van der Waals surface area (Å²) in [6, 6.07) is 10.5. The molecule has 0 aliphatic carbocycles. The highest BCUT2D eigenvalue weighted by Crippen LogP contribution is 2.30. The molecular weight excluding hydrogens is 198 g/mol. The molecule has 3 nitrogen and oxygen atoms in total. The summed E-state index contributed by atoms with van der Waals surface area (Å²) < 4.78 is 0. The molecule has 0 spiro atoms. The van der Waals surface area contributed by atoms with E-state index < -0.39 is 0 Å². The lowest BCUT2D eigenvalue weighted by atomic mass is 9.97. The smallest absolute Gasteiger partial charge is 0.0568 e. The second kappa shape index (κ2) is 4.10. The standard InChI is InChI=1S/C13H15N3/c1-2-4-10(5-3-1)12-9-15-16-13(12)11-6-7-14-8-11/h1-5,9,11,14H,6-8H2,(H,15,16). The van der Waals surface area contributed by atoms with Crippen molar-refractivity contribution in [1.82, 2.24) is 15.5 Å². The van der Waals surface area contributed by atoms with Crippen LogP contribution in [0.5, 0.6) is 0 Å². The van der Waals surface area contributed by atoms with Crippen molar-refractivity contribution in [2.24, 2.45) is 0 Å². The summed E-state index contributed by atoms with van der Waals surface area (Å²) in [5.74, 6) is 0.581. The van der Waals surface area contributed by atoms with Crippen LogP contribution < -0.4 is 5.32 Å². The van der Waals surface area contributed by atoms with Crippen LogP contribution in [-0.2, 0) is 0 Å². The molecule has 2 aromatic rings. The van der Waals surface area contributed by atoms with Crippen molar-refractivity contribution in [3.05, 3.63) is 42.2 Å². The van der Waals surface area contributed by atoms with E-state index in [4.69, 9.17) is 0 Å². The highest BCUT2D eigenvalue weighted by Gasteiger charge is 2.21. The van der Waals surface area contributed by atoms with Gasteiger partial charge in [0.2, 0.25) is 0 Å². The van der Waals surface area contributed by atoms with E-state index in [1.165, 1.54) is 23.2 Å². The highest BCUT2D eigenvalue weighted by atomic mass is 15.1. The van der Waals surface area contributed by atoms with E-state index in [0.29, 0.717) is 5.92 Å². The number of benzene rings is 1. The van der Waals surface area contributed by atoms with Gasteiger partial charge in [0.25, 0.3) is 0 Å². The predicted molar refractivity (Wildman–Crippen MR) is 64.3 cm³/mol. The van der Waals surface area contributed by atoms with Crippen LogP contribution in [0.25, 0.3) is 11.1 Å². The molecule has 2 N–H and O–H groups in total. The zero-order chi connectivity index (χ0) is 10.8. The van der Waals surface area contributed by atoms with Crippen LogP contribution in [0.2, 0.25) is 0 Å². The molecule has 1 saturated heterocycles. The topological polar surface area (TPSA) is 40.7 Å². The summed E-state index contributed by atoms with van der Waals surface area (Å²) in [6.45, 7) is 2.17. The molecule has 1 aliphatic heterocycles.